The summed E-state index contributed by atoms with van der Waals surface area (Å²) in [5.74, 6) is 0. The van der Waals surface area contributed by atoms with Crippen molar-refractivity contribution >= 4 is 33.7 Å². The van der Waals surface area contributed by atoms with Crippen molar-refractivity contribution in [3.63, 3.8) is 0 Å². The molecule has 0 radical (unpaired) electrons. The number of aromatic amines is 1. The van der Waals surface area contributed by atoms with E-state index < -0.39 is 126 Å². The lowest BCUT2D eigenvalue weighted by Crippen LogP contribution is -2.19. The van der Waals surface area contributed by atoms with Crippen LogP contribution in [0.3, 0.4) is 0 Å². The van der Waals surface area contributed by atoms with Crippen LogP contribution >= 0.6 is 0 Å². The minimum atomic E-state index is -0.694. The van der Waals surface area contributed by atoms with Gasteiger partial charge < -0.3 is 4.98 Å². The smallest absolute Gasteiger partial charge is 0.0738 e. The van der Waals surface area contributed by atoms with Crippen molar-refractivity contribution in [2.75, 3.05) is 0 Å². The SMILES string of the molecule is [2H]c1c([2H])c([2H])c(C2=C3C=CC(=N3)C(c3c([2H])c([2H])c([2H])c([2H])c3[2H])=c3ccc([nH]3)=C(c3c([2H])c([2H])c([2H])c([2H])c3[2H])c3cc(c4ccc(C(C)(C)C)ccc3-4)C(c3c([2H])c([2H])c([2H])c([2H])c3[2H])=C3C=CC2=N3)c([2H])c1[2H]. The maximum absolute atomic E-state index is 9.42. The minimum Gasteiger partial charge on any atom is -0.354 e. The Morgan fingerprint density at radius 1 is 0.421 bits per heavy atom. The van der Waals surface area contributed by atoms with E-state index in [9.17, 15) is 11.0 Å². The van der Waals surface area contributed by atoms with Crippen LogP contribution in [-0.4, -0.2) is 16.4 Å². The molecule has 5 aromatic rings. The lowest BCUT2D eigenvalue weighted by Gasteiger charge is -2.17. The van der Waals surface area contributed by atoms with Gasteiger partial charge in [0.15, 0.2) is 0 Å². The van der Waals surface area contributed by atoms with Crippen LogP contribution in [0.4, 0.5) is 0 Å². The minimum absolute atomic E-state index is 0.0186. The highest BCUT2D eigenvalue weighted by Gasteiger charge is 2.28. The summed E-state index contributed by atoms with van der Waals surface area (Å²) in [5.41, 5.74) is -0.126. The lowest BCUT2D eigenvalue weighted by molar-refractivity contribution is 0.591. The molecule has 3 aliphatic heterocycles. The highest BCUT2D eigenvalue weighted by molar-refractivity contribution is 6.35. The summed E-state index contributed by atoms with van der Waals surface area (Å²) in [6, 6.07) is -1.29. The second-order valence-electron chi connectivity index (χ2n) is 14.4. The first-order valence-corrected chi connectivity index (χ1v) is 18.0. The summed E-state index contributed by atoms with van der Waals surface area (Å²) >= 11 is 0. The zero-order valence-corrected chi connectivity index (χ0v) is 30.7. The normalized spacial score (nSPS) is 20.1. The summed E-state index contributed by atoms with van der Waals surface area (Å²) in [7, 11) is 0. The fourth-order valence-electron chi connectivity index (χ4n) is 7.34. The number of rotatable bonds is 4. The summed E-state index contributed by atoms with van der Waals surface area (Å²) in [4.78, 5) is 13.3. The Bertz CT molecular complexity index is 4070. The molecule has 57 heavy (non-hydrogen) atoms. The quantitative estimate of drug-likeness (QED) is 0.186. The predicted octanol–water partition coefficient (Wildman–Crippen LogP) is 11.1. The first kappa shape index (κ1) is 19.2. The van der Waals surface area contributed by atoms with Crippen LogP contribution in [0.1, 0.15) is 87.1 Å². The molecule has 4 aromatic carbocycles. The van der Waals surface area contributed by atoms with Gasteiger partial charge in [-0.1, -0.05) is 166 Å². The van der Waals surface area contributed by atoms with Crippen molar-refractivity contribution in [2.45, 2.75) is 26.2 Å². The molecular weight excluding hydrogens is 691 g/mol. The third-order valence-electron chi connectivity index (χ3n) is 9.95. The number of nitrogens with one attached hydrogen (secondary N) is 1. The van der Waals surface area contributed by atoms with E-state index in [-0.39, 0.29) is 89.2 Å². The molecule has 1 N–H and O–H groups in total. The van der Waals surface area contributed by atoms with E-state index in [1.165, 1.54) is 36.4 Å². The molecule has 1 aromatic heterocycles. The van der Waals surface area contributed by atoms with E-state index in [4.69, 9.17) is 26.4 Å². The second-order valence-corrected chi connectivity index (χ2v) is 14.4. The fraction of sp³-hybridized carbons (Fsp3) is 0.0741. The van der Waals surface area contributed by atoms with Crippen LogP contribution in [0.2, 0.25) is 0 Å². The third kappa shape index (κ3) is 6.18. The Morgan fingerprint density at radius 3 is 1.33 bits per heavy atom. The molecule has 3 heteroatoms. The number of H-pyrrole nitrogens is 1. The molecule has 0 spiro atoms. The Morgan fingerprint density at radius 2 is 0.825 bits per heavy atom. The van der Waals surface area contributed by atoms with Crippen LogP contribution in [0.5, 0.6) is 0 Å². The number of allylic oxidation sites excluding steroid dienone is 5. The summed E-state index contributed by atoms with van der Waals surface area (Å²) in [6.07, 6.45) is 5.81. The van der Waals surface area contributed by atoms with Gasteiger partial charge in [0.25, 0.3) is 0 Å². The van der Waals surface area contributed by atoms with Gasteiger partial charge in [-0.05, 0) is 98.0 Å². The van der Waals surface area contributed by atoms with Crippen molar-refractivity contribution in [2.24, 2.45) is 9.98 Å². The van der Waals surface area contributed by atoms with E-state index in [0.717, 1.165) is 5.56 Å². The van der Waals surface area contributed by atoms with Gasteiger partial charge in [-0.3, -0.25) is 0 Å². The Labute approximate surface area is 362 Å². The van der Waals surface area contributed by atoms with E-state index in [0.29, 0.717) is 11.1 Å². The third-order valence-corrected chi connectivity index (χ3v) is 9.95. The number of aromatic nitrogens is 1. The number of hydrogen-bond acceptors (Lipinski definition) is 2. The largest absolute Gasteiger partial charge is 0.354 e. The van der Waals surface area contributed by atoms with Crippen LogP contribution in [0, 0.1) is 0 Å². The number of hydrogen-bond donors (Lipinski definition) is 1. The maximum atomic E-state index is 9.42. The number of nitrogens with zero attached hydrogens (tertiary/aromatic N) is 2. The van der Waals surface area contributed by atoms with Gasteiger partial charge in [0, 0.05) is 33.0 Å². The monoisotopic (exact) mass is 751 g/mol. The van der Waals surface area contributed by atoms with E-state index >= 15 is 0 Å². The first-order chi connectivity index (χ1) is 36.2. The summed E-state index contributed by atoms with van der Waals surface area (Å²) in [5, 5.41) is 0.147. The lowest BCUT2D eigenvalue weighted by atomic mass is 9.88. The Hall–Kier alpha value is -7.10. The molecule has 8 bridgehead atoms. The van der Waals surface area contributed by atoms with Crippen LogP contribution in [0.25, 0.3) is 33.4 Å². The van der Waals surface area contributed by atoms with Crippen molar-refractivity contribution in [1.29, 1.82) is 0 Å². The van der Waals surface area contributed by atoms with Crippen molar-refractivity contribution in [3.05, 3.63) is 249 Å². The summed E-state index contributed by atoms with van der Waals surface area (Å²) < 4.78 is 179. The standard InChI is InChI=1S/C54H41N3/c1-54(2,3)39-24-26-40-41(27-25-39)43-34-42(40)50(35-16-8-4-9-17-35)44-28-30-46(55-44)52(37-20-12-6-13-21-37)48-32-33-49(57-48)53(38-22-14-7-15-23-38)47-31-29-45(56-47)51(43)36-18-10-5-11-19-36/h4-34,55H,1-3H3/i4D,5D,6D,7D,8D,9D,10D,11D,12D,13D,14D,15D,16D,17D,18D,19D,20D,21D,22D,23D. The van der Waals surface area contributed by atoms with Crippen molar-refractivity contribution in [3.8, 4) is 11.1 Å². The maximum Gasteiger partial charge on any atom is 0.0738 e. The summed E-state index contributed by atoms with van der Waals surface area (Å²) in [6.45, 7) is 5.96. The molecule has 3 nitrogen and oxygen atoms in total. The van der Waals surface area contributed by atoms with Gasteiger partial charge >= 0.3 is 0 Å². The topological polar surface area (TPSA) is 40.5 Å². The number of aliphatic imine (C=N–C) groups is 2. The molecule has 272 valence electrons. The zero-order chi connectivity index (χ0) is 55.9. The molecule has 0 atom stereocenters. The van der Waals surface area contributed by atoms with E-state index in [2.05, 4.69) is 4.98 Å². The fourth-order valence-corrected chi connectivity index (χ4v) is 7.34. The molecule has 5 aliphatic rings. The molecule has 0 saturated heterocycles. The average molecular weight is 752 g/mol. The zero-order valence-electron chi connectivity index (χ0n) is 50.7. The van der Waals surface area contributed by atoms with Crippen LogP contribution in [0.15, 0.2) is 209 Å². The molecule has 10 rings (SSSR count). The average Bonchev–Trinajstić information content (AvgIpc) is 4.23. The van der Waals surface area contributed by atoms with Crippen molar-refractivity contribution < 1.29 is 27.4 Å². The van der Waals surface area contributed by atoms with Crippen molar-refractivity contribution in [1.82, 2.24) is 4.98 Å². The Kier molecular flexibility index (Phi) is 4.67. The van der Waals surface area contributed by atoms with Gasteiger partial charge in [0.1, 0.15) is 0 Å². The number of benzene rings is 4. The van der Waals surface area contributed by atoms with Gasteiger partial charge in [-0.25, -0.2) is 9.98 Å². The molecule has 0 amide bonds. The molecule has 0 fully saturated rings. The van der Waals surface area contributed by atoms with Gasteiger partial charge in [0.05, 0.1) is 50.2 Å². The second kappa shape index (κ2) is 13.9. The molecule has 4 heterocycles. The van der Waals surface area contributed by atoms with E-state index in [1.807, 2.05) is 32.9 Å². The number of fused-ring (bicyclic) bond motifs is 9. The predicted molar refractivity (Wildman–Crippen MR) is 238 cm³/mol. The van der Waals surface area contributed by atoms with E-state index in [1.54, 1.807) is 18.2 Å². The van der Waals surface area contributed by atoms with Gasteiger partial charge in [0.2, 0.25) is 0 Å². The molecule has 0 unspecified atom stereocenters. The molecule has 0 saturated carbocycles. The van der Waals surface area contributed by atoms with Crippen LogP contribution in [-0.2, 0) is 5.41 Å². The Balaban J connectivity index is 1.53. The molecule has 2 aliphatic carbocycles. The highest BCUT2D eigenvalue weighted by atomic mass is 14.8. The van der Waals surface area contributed by atoms with Gasteiger partial charge in [-0.15, -0.1) is 0 Å². The first-order valence-electron chi connectivity index (χ1n) is 28.0. The highest BCUT2D eigenvalue weighted by Crippen LogP contribution is 2.45. The van der Waals surface area contributed by atoms with Crippen LogP contribution < -0.4 is 10.7 Å². The van der Waals surface area contributed by atoms with Gasteiger partial charge in [-0.2, -0.15) is 0 Å². The molecular formula is C54H41N3.